The lowest BCUT2D eigenvalue weighted by atomic mass is 10.1. The third-order valence-electron chi connectivity index (χ3n) is 4.08. The van der Waals surface area contributed by atoms with Crippen LogP contribution in [0.3, 0.4) is 0 Å². The van der Waals surface area contributed by atoms with Gasteiger partial charge < -0.3 is 20.3 Å². The van der Waals surface area contributed by atoms with E-state index in [-0.39, 0.29) is 5.91 Å². The molecule has 0 aliphatic carbocycles. The average molecular weight is 368 g/mol. The molecule has 0 radical (unpaired) electrons. The van der Waals surface area contributed by atoms with Gasteiger partial charge in [0.2, 0.25) is 0 Å². The molecule has 0 aliphatic rings. The average Bonchev–Trinajstić information content (AvgIpc) is 2.69. The molecule has 6 heteroatoms. The number of benzene rings is 2. The molecule has 27 heavy (non-hydrogen) atoms. The predicted molar refractivity (Wildman–Crippen MR) is 109 cm³/mol. The zero-order valence-corrected chi connectivity index (χ0v) is 16.5. The van der Waals surface area contributed by atoms with Crippen LogP contribution in [-0.4, -0.2) is 45.0 Å². The van der Waals surface area contributed by atoms with E-state index in [0.717, 1.165) is 17.1 Å². The van der Waals surface area contributed by atoms with Crippen molar-refractivity contribution < 1.29 is 9.53 Å². The molecule has 144 valence electrons. The van der Waals surface area contributed by atoms with Gasteiger partial charge in [0.15, 0.2) is 5.96 Å². The lowest BCUT2D eigenvalue weighted by molar-refractivity contribution is 0.0827. The summed E-state index contributed by atoms with van der Waals surface area (Å²) < 4.78 is 5.12. The van der Waals surface area contributed by atoms with Gasteiger partial charge in [0.25, 0.3) is 5.91 Å². The van der Waals surface area contributed by atoms with Gasteiger partial charge in [0.1, 0.15) is 0 Å². The van der Waals surface area contributed by atoms with Crippen LogP contribution in [0.25, 0.3) is 0 Å². The molecule has 0 heterocycles. The van der Waals surface area contributed by atoms with Crippen LogP contribution in [0.5, 0.6) is 0 Å². The molecule has 0 spiro atoms. The van der Waals surface area contributed by atoms with Crippen LogP contribution in [0.2, 0.25) is 0 Å². The van der Waals surface area contributed by atoms with E-state index >= 15 is 0 Å². The Kier molecular flexibility index (Phi) is 7.82. The SMILES string of the molecule is CN=C(NCc1ccc(COC)cc1)NCc1ccc(C(=O)N(C)C)cc1. The summed E-state index contributed by atoms with van der Waals surface area (Å²) in [5.74, 6) is 0.730. The van der Waals surface area contributed by atoms with Crippen LogP contribution in [0.15, 0.2) is 53.5 Å². The quantitative estimate of drug-likeness (QED) is 0.582. The first-order chi connectivity index (χ1) is 13.0. The Balaban J connectivity index is 1.84. The summed E-state index contributed by atoms with van der Waals surface area (Å²) in [7, 11) is 6.94. The molecule has 0 aliphatic heterocycles. The number of ether oxygens (including phenoxy) is 1. The Morgan fingerprint density at radius 1 is 0.926 bits per heavy atom. The smallest absolute Gasteiger partial charge is 0.253 e. The highest BCUT2D eigenvalue weighted by molar-refractivity contribution is 5.93. The summed E-state index contributed by atoms with van der Waals surface area (Å²) in [5.41, 5.74) is 4.09. The molecule has 0 bridgehead atoms. The number of guanidine groups is 1. The number of aliphatic imine (C=N–C) groups is 1. The van der Waals surface area contributed by atoms with E-state index < -0.39 is 0 Å². The number of nitrogens with zero attached hydrogens (tertiary/aromatic N) is 2. The first-order valence-corrected chi connectivity index (χ1v) is 8.85. The summed E-state index contributed by atoms with van der Waals surface area (Å²) in [6.45, 7) is 1.93. The summed E-state index contributed by atoms with van der Waals surface area (Å²) >= 11 is 0. The molecule has 6 nitrogen and oxygen atoms in total. The van der Waals surface area contributed by atoms with E-state index in [0.29, 0.717) is 25.3 Å². The molecule has 0 saturated heterocycles. The van der Waals surface area contributed by atoms with Crippen molar-refractivity contribution in [1.29, 1.82) is 0 Å². The fourth-order valence-corrected chi connectivity index (χ4v) is 2.54. The van der Waals surface area contributed by atoms with Crippen molar-refractivity contribution in [3.8, 4) is 0 Å². The largest absolute Gasteiger partial charge is 0.380 e. The van der Waals surface area contributed by atoms with Gasteiger partial charge in [-0.3, -0.25) is 9.79 Å². The van der Waals surface area contributed by atoms with Gasteiger partial charge in [0, 0.05) is 46.9 Å². The highest BCUT2D eigenvalue weighted by Crippen LogP contribution is 2.07. The highest BCUT2D eigenvalue weighted by Gasteiger charge is 2.07. The first-order valence-electron chi connectivity index (χ1n) is 8.85. The third-order valence-corrected chi connectivity index (χ3v) is 4.08. The first kappa shape index (κ1) is 20.5. The van der Waals surface area contributed by atoms with E-state index in [1.54, 1.807) is 33.2 Å². The number of carbonyl (C=O) groups excluding carboxylic acids is 1. The van der Waals surface area contributed by atoms with E-state index in [1.807, 2.05) is 24.3 Å². The number of hydrogen-bond acceptors (Lipinski definition) is 3. The van der Waals surface area contributed by atoms with Crippen LogP contribution in [0.1, 0.15) is 27.0 Å². The monoisotopic (exact) mass is 368 g/mol. The minimum Gasteiger partial charge on any atom is -0.380 e. The van der Waals surface area contributed by atoms with E-state index in [2.05, 4.69) is 39.9 Å². The molecule has 2 aromatic rings. The minimum atomic E-state index is 0.00324. The Labute approximate surface area is 161 Å². The zero-order valence-electron chi connectivity index (χ0n) is 16.5. The molecule has 0 saturated carbocycles. The van der Waals surface area contributed by atoms with Crippen LogP contribution in [0, 0.1) is 0 Å². The molecule has 1 amide bonds. The molecular weight excluding hydrogens is 340 g/mol. The standard InChI is InChI=1S/C21H28N4O2/c1-22-21(23-13-16-5-7-18(8-6-16)15-27-4)24-14-17-9-11-19(12-10-17)20(26)25(2)3/h5-12H,13-15H2,1-4H3,(H2,22,23,24). The van der Waals surface area contributed by atoms with Crippen molar-refractivity contribution in [1.82, 2.24) is 15.5 Å². The summed E-state index contributed by atoms with van der Waals surface area (Å²) in [5, 5.41) is 6.58. The van der Waals surface area contributed by atoms with Crippen molar-refractivity contribution >= 4 is 11.9 Å². The molecule has 2 N–H and O–H groups in total. The topological polar surface area (TPSA) is 66.0 Å². The maximum atomic E-state index is 11.9. The van der Waals surface area contributed by atoms with Crippen molar-refractivity contribution in [2.24, 2.45) is 4.99 Å². The van der Waals surface area contributed by atoms with Gasteiger partial charge in [-0.1, -0.05) is 36.4 Å². The van der Waals surface area contributed by atoms with Gasteiger partial charge in [-0.15, -0.1) is 0 Å². The van der Waals surface area contributed by atoms with Crippen molar-refractivity contribution in [3.63, 3.8) is 0 Å². The Bertz CT molecular complexity index is 753. The van der Waals surface area contributed by atoms with Gasteiger partial charge in [-0.25, -0.2) is 0 Å². The second kappa shape index (κ2) is 10.3. The third kappa shape index (κ3) is 6.42. The van der Waals surface area contributed by atoms with Crippen molar-refractivity contribution in [2.75, 3.05) is 28.3 Å². The molecule has 2 rings (SSSR count). The fraction of sp³-hybridized carbons (Fsp3) is 0.333. The number of nitrogens with one attached hydrogen (secondary N) is 2. The lowest BCUT2D eigenvalue weighted by Crippen LogP contribution is -2.36. The minimum absolute atomic E-state index is 0.00324. The second-order valence-electron chi connectivity index (χ2n) is 6.43. The number of methoxy groups -OCH3 is 1. The molecular formula is C21H28N4O2. The van der Waals surface area contributed by atoms with E-state index in [9.17, 15) is 4.79 Å². The summed E-state index contributed by atoms with van der Waals surface area (Å²) in [6.07, 6.45) is 0. The van der Waals surface area contributed by atoms with Gasteiger partial charge in [0.05, 0.1) is 6.61 Å². The molecule has 0 fully saturated rings. The maximum absolute atomic E-state index is 11.9. The number of rotatable bonds is 7. The normalized spacial score (nSPS) is 11.2. The summed E-state index contributed by atoms with van der Waals surface area (Å²) in [6, 6.07) is 15.9. The molecule has 2 aromatic carbocycles. The predicted octanol–water partition coefficient (Wildman–Crippen LogP) is 2.40. The van der Waals surface area contributed by atoms with E-state index in [1.165, 1.54) is 5.56 Å². The molecule has 0 aromatic heterocycles. The second-order valence-corrected chi connectivity index (χ2v) is 6.43. The zero-order chi connectivity index (χ0) is 19.6. The van der Waals surface area contributed by atoms with Gasteiger partial charge in [-0.2, -0.15) is 0 Å². The van der Waals surface area contributed by atoms with Crippen molar-refractivity contribution in [3.05, 3.63) is 70.8 Å². The van der Waals surface area contributed by atoms with Crippen molar-refractivity contribution in [2.45, 2.75) is 19.7 Å². The van der Waals surface area contributed by atoms with Crippen LogP contribution < -0.4 is 10.6 Å². The van der Waals surface area contributed by atoms with Gasteiger partial charge in [-0.05, 0) is 28.8 Å². The Morgan fingerprint density at radius 2 is 1.41 bits per heavy atom. The van der Waals surface area contributed by atoms with Crippen LogP contribution >= 0.6 is 0 Å². The van der Waals surface area contributed by atoms with Crippen LogP contribution in [0.4, 0.5) is 0 Å². The number of carbonyl (C=O) groups is 1. The molecule has 0 atom stereocenters. The number of amides is 1. The Hall–Kier alpha value is -2.86. The summed E-state index contributed by atoms with van der Waals surface area (Å²) in [4.78, 5) is 17.7. The highest BCUT2D eigenvalue weighted by atomic mass is 16.5. The van der Waals surface area contributed by atoms with Gasteiger partial charge >= 0.3 is 0 Å². The lowest BCUT2D eigenvalue weighted by Gasteiger charge is -2.13. The fourth-order valence-electron chi connectivity index (χ4n) is 2.54. The number of hydrogen-bond donors (Lipinski definition) is 2. The molecule has 0 unspecified atom stereocenters. The van der Waals surface area contributed by atoms with Crippen LogP contribution in [-0.2, 0) is 24.4 Å². The Morgan fingerprint density at radius 3 is 1.85 bits per heavy atom. The van der Waals surface area contributed by atoms with E-state index in [4.69, 9.17) is 4.74 Å². The maximum Gasteiger partial charge on any atom is 0.253 e.